The van der Waals surface area contributed by atoms with Crippen molar-refractivity contribution in [2.45, 2.75) is 30.6 Å². The Morgan fingerprint density at radius 3 is 2.55 bits per heavy atom. The lowest BCUT2D eigenvalue weighted by molar-refractivity contribution is -0.122. The molecule has 11 heteroatoms. The SMILES string of the molecule is NS(=O)(=O)c1ccc(NC(=O)CCCCCN2C(=O)/C(=C/c3cccc(Br)c3)SC2=S)cc1. The highest BCUT2D eigenvalue weighted by molar-refractivity contribution is 9.10. The fourth-order valence-electron chi connectivity index (χ4n) is 3.12. The molecule has 0 saturated carbocycles. The van der Waals surface area contributed by atoms with Gasteiger partial charge < -0.3 is 5.32 Å². The minimum atomic E-state index is -3.76. The summed E-state index contributed by atoms with van der Waals surface area (Å²) in [5.74, 6) is -0.258. The van der Waals surface area contributed by atoms with Crippen LogP contribution in [-0.2, 0) is 19.6 Å². The van der Waals surface area contributed by atoms with Crippen LogP contribution < -0.4 is 10.5 Å². The fraction of sp³-hybridized carbons (Fsp3) is 0.227. The number of nitrogens with zero attached hydrogens (tertiary/aromatic N) is 1. The number of benzene rings is 2. The molecule has 1 aliphatic rings. The molecule has 3 N–H and O–H groups in total. The zero-order valence-electron chi connectivity index (χ0n) is 17.5. The number of hydrogen-bond donors (Lipinski definition) is 2. The number of thioether (sulfide) groups is 1. The number of halogens is 1. The summed E-state index contributed by atoms with van der Waals surface area (Å²) in [5.41, 5.74) is 1.43. The summed E-state index contributed by atoms with van der Waals surface area (Å²) in [6.07, 6.45) is 4.30. The molecule has 0 aliphatic carbocycles. The molecule has 2 aromatic carbocycles. The Bertz CT molecular complexity index is 1200. The first-order chi connectivity index (χ1) is 15.6. The van der Waals surface area contributed by atoms with Gasteiger partial charge in [-0.25, -0.2) is 13.6 Å². The van der Waals surface area contributed by atoms with Crippen molar-refractivity contribution in [3.63, 3.8) is 0 Å². The van der Waals surface area contributed by atoms with E-state index in [1.165, 1.54) is 36.0 Å². The van der Waals surface area contributed by atoms with E-state index in [0.717, 1.165) is 22.9 Å². The lowest BCUT2D eigenvalue weighted by atomic mass is 10.1. The quantitative estimate of drug-likeness (QED) is 0.262. The molecule has 2 amide bonds. The first-order valence-electron chi connectivity index (χ1n) is 10.1. The van der Waals surface area contributed by atoms with E-state index < -0.39 is 10.0 Å². The normalized spacial score (nSPS) is 15.3. The third-order valence-corrected chi connectivity index (χ3v) is 7.57. The lowest BCUT2D eigenvalue weighted by Crippen LogP contribution is -2.29. The van der Waals surface area contributed by atoms with Crippen LogP contribution in [0.25, 0.3) is 6.08 Å². The van der Waals surface area contributed by atoms with E-state index in [1.807, 2.05) is 30.3 Å². The predicted octanol–water partition coefficient (Wildman–Crippen LogP) is 4.50. The molecule has 1 aliphatic heterocycles. The molecule has 33 heavy (non-hydrogen) atoms. The van der Waals surface area contributed by atoms with Gasteiger partial charge in [0.2, 0.25) is 15.9 Å². The lowest BCUT2D eigenvalue weighted by Gasteiger charge is -2.14. The van der Waals surface area contributed by atoms with Crippen molar-refractivity contribution in [1.82, 2.24) is 4.90 Å². The van der Waals surface area contributed by atoms with Crippen LogP contribution >= 0.6 is 39.9 Å². The van der Waals surface area contributed by atoms with E-state index in [0.29, 0.717) is 34.3 Å². The number of nitrogens with one attached hydrogen (secondary N) is 1. The Morgan fingerprint density at radius 1 is 1.15 bits per heavy atom. The van der Waals surface area contributed by atoms with E-state index in [-0.39, 0.29) is 16.7 Å². The number of amides is 2. The van der Waals surface area contributed by atoms with Crippen molar-refractivity contribution in [2.24, 2.45) is 5.14 Å². The Kier molecular flexibility index (Phi) is 8.82. The molecule has 0 spiro atoms. The average Bonchev–Trinajstić information content (AvgIpc) is 3.00. The van der Waals surface area contributed by atoms with Gasteiger partial charge in [-0.3, -0.25) is 14.5 Å². The zero-order valence-corrected chi connectivity index (χ0v) is 21.5. The summed E-state index contributed by atoms with van der Waals surface area (Å²) in [4.78, 5) is 27.0. The predicted molar refractivity (Wildman–Crippen MR) is 139 cm³/mol. The second kappa shape index (κ2) is 11.4. The van der Waals surface area contributed by atoms with Crippen LogP contribution in [0.3, 0.4) is 0 Å². The molecular formula is C22H22BrN3O4S3. The van der Waals surface area contributed by atoms with Gasteiger partial charge in [0, 0.05) is 23.1 Å². The van der Waals surface area contributed by atoms with Crippen LogP contribution in [0, 0.1) is 0 Å². The Hall–Kier alpha value is -2.05. The van der Waals surface area contributed by atoms with E-state index in [1.54, 1.807) is 4.90 Å². The van der Waals surface area contributed by atoms with Crippen molar-refractivity contribution in [3.05, 3.63) is 63.5 Å². The molecule has 0 aromatic heterocycles. The number of hydrogen-bond acceptors (Lipinski definition) is 6. The second-order valence-electron chi connectivity index (χ2n) is 7.32. The molecule has 1 heterocycles. The third kappa shape index (κ3) is 7.47. The summed E-state index contributed by atoms with van der Waals surface area (Å²) in [6.45, 7) is 0.511. The highest BCUT2D eigenvalue weighted by atomic mass is 79.9. The van der Waals surface area contributed by atoms with Crippen LogP contribution in [0.2, 0.25) is 0 Å². The molecule has 174 valence electrons. The number of thiocarbonyl (C=S) groups is 1. The summed E-state index contributed by atoms with van der Waals surface area (Å²) >= 11 is 10.1. The average molecular weight is 569 g/mol. The Balaban J connectivity index is 1.41. The molecule has 0 radical (unpaired) electrons. The highest BCUT2D eigenvalue weighted by Gasteiger charge is 2.31. The van der Waals surface area contributed by atoms with Crippen molar-refractivity contribution >= 4 is 77.8 Å². The Morgan fingerprint density at radius 2 is 1.88 bits per heavy atom. The van der Waals surface area contributed by atoms with Gasteiger partial charge in [-0.1, -0.05) is 58.5 Å². The minimum absolute atomic E-state index is 0.0114. The molecule has 2 aromatic rings. The van der Waals surface area contributed by atoms with Gasteiger partial charge >= 0.3 is 0 Å². The maximum Gasteiger partial charge on any atom is 0.266 e. The zero-order chi connectivity index (χ0) is 24.0. The maximum atomic E-state index is 12.7. The monoisotopic (exact) mass is 567 g/mol. The molecule has 1 fully saturated rings. The number of carbonyl (C=O) groups excluding carboxylic acids is 2. The van der Waals surface area contributed by atoms with E-state index in [9.17, 15) is 18.0 Å². The van der Waals surface area contributed by atoms with Crippen LogP contribution in [0.4, 0.5) is 5.69 Å². The number of anilines is 1. The van der Waals surface area contributed by atoms with Crippen molar-refractivity contribution in [2.75, 3.05) is 11.9 Å². The number of unbranched alkanes of at least 4 members (excludes halogenated alkanes) is 2. The van der Waals surface area contributed by atoms with Crippen molar-refractivity contribution in [1.29, 1.82) is 0 Å². The van der Waals surface area contributed by atoms with Gasteiger partial charge in [-0.05, 0) is 60.9 Å². The first-order valence-corrected chi connectivity index (χ1v) is 13.6. The molecule has 0 unspecified atom stereocenters. The van der Waals surface area contributed by atoms with Gasteiger partial charge in [0.05, 0.1) is 9.80 Å². The van der Waals surface area contributed by atoms with Gasteiger partial charge in [0.25, 0.3) is 5.91 Å². The molecule has 0 atom stereocenters. The van der Waals surface area contributed by atoms with Gasteiger partial charge in [0.1, 0.15) is 4.32 Å². The molecule has 3 rings (SSSR count). The topological polar surface area (TPSA) is 110 Å². The fourth-order valence-corrected chi connectivity index (χ4v) is 5.37. The largest absolute Gasteiger partial charge is 0.326 e. The highest BCUT2D eigenvalue weighted by Crippen LogP contribution is 2.33. The van der Waals surface area contributed by atoms with Gasteiger partial charge in [-0.15, -0.1) is 0 Å². The summed E-state index contributed by atoms with van der Waals surface area (Å²) in [7, 11) is -3.76. The molecule has 1 saturated heterocycles. The molecule has 7 nitrogen and oxygen atoms in total. The van der Waals surface area contributed by atoms with Gasteiger partial charge in [0.15, 0.2) is 0 Å². The first kappa shape index (κ1) is 25.6. The van der Waals surface area contributed by atoms with Crippen molar-refractivity contribution < 1.29 is 18.0 Å². The maximum absolute atomic E-state index is 12.7. The number of sulfonamides is 1. The van der Waals surface area contributed by atoms with E-state index in [2.05, 4.69) is 21.2 Å². The van der Waals surface area contributed by atoms with Crippen LogP contribution in [-0.4, -0.2) is 36.0 Å². The van der Waals surface area contributed by atoms with Gasteiger partial charge in [-0.2, -0.15) is 0 Å². The molecule has 0 bridgehead atoms. The van der Waals surface area contributed by atoms with Crippen LogP contribution in [0.5, 0.6) is 0 Å². The smallest absolute Gasteiger partial charge is 0.266 e. The van der Waals surface area contributed by atoms with Crippen LogP contribution in [0.1, 0.15) is 31.2 Å². The summed E-state index contributed by atoms with van der Waals surface area (Å²) < 4.78 is 24.0. The van der Waals surface area contributed by atoms with Crippen molar-refractivity contribution in [3.8, 4) is 0 Å². The summed E-state index contributed by atoms with van der Waals surface area (Å²) in [6, 6.07) is 13.4. The number of carbonyl (C=O) groups is 2. The second-order valence-corrected chi connectivity index (χ2v) is 11.5. The third-order valence-electron chi connectivity index (χ3n) is 4.77. The van der Waals surface area contributed by atoms with Crippen LogP contribution in [0.15, 0.2) is 62.8 Å². The summed E-state index contributed by atoms with van der Waals surface area (Å²) in [5, 5.41) is 7.78. The molecular weight excluding hydrogens is 546 g/mol. The standard InChI is InChI=1S/C22H22BrN3O4S3/c23-16-6-4-5-15(13-16)14-19-21(28)26(22(31)32-19)12-3-1-2-7-20(27)25-17-8-10-18(11-9-17)33(24,29)30/h4-6,8-11,13-14H,1-3,7,12H2,(H,25,27)(H2,24,29,30)/b19-14-. The minimum Gasteiger partial charge on any atom is -0.326 e. The van der Waals surface area contributed by atoms with E-state index in [4.69, 9.17) is 17.4 Å². The Labute approximate surface area is 211 Å². The number of primary sulfonamides is 1. The number of rotatable bonds is 9. The number of nitrogens with two attached hydrogens (primary N) is 1. The van der Waals surface area contributed by atoms with E-state index >= 15 is 0 Å².